The van der Waals surface area contributed by atoms with Crippen LogP contribution in [-0.2, 0) is 0 Å². The van der Waals surface area contributed by atoms with Crippen LogP contribution in [0, 0.1) is 6.92 Å². The average molecular weight is 409 g/mol. The van der Waals surface area contributed by atoms with E-state index in [0.717, 1.165) is 22.3 Å². The molecule has 0 unspecified atom stereocenters. The van der Waals surface area contributed by atoms with Crippen LogP contribution >= 0.6 is 33.9 Å². The van der Waals surface area contributed by atoms with Crippen molar-refractivity contribution in [3.8, 4) is 5.69 Å². The molecule has 4 nitrogen and oxygen atoms in total. The van der Waals surface area contributed by atoms with Crippen molar-refractivity contribution in [1.82, 2.24) is 9.78 Å². The quantitative estimate of drug-likeness (QED) is 0.656. The minimum Gasteiger partial charge on any atom is -0.390 e. The molecule has 0 saturated heterocycles. The van der Waals surface area contributed by atoms with Gasteiger partial charge in [0.1, 0.15) is 0 Å². The van der Waals surface area contributed by atoms with Crippen molar-refractivity contribution in [3.63, 3.8) is 0 Å². The topological polar surface area (TPSA) is 60.9 Å². The second-order valence-electron chi connectivity index (χ2n) is 4.62. The number of nitrogen functional groups attached to an aromatic ring is 1. The SMILES string of the molecule is Cc1ccc(-n2nc(/C=C/I)c3csc(N)c3c2=O)cc1. The number of hydrogen-bond acceptors (Lipinski definition) is 4. The van der Waals surface area contributed by atoms with E-state index < -0.39 is 0 Å². The lowest BCUT2D eigenvalue weighted by Crippen LogP contribution is -2.22. The Morgan fingerprint density at radius 3 is 2.71 bits per heavy atom. The van der Waals surface area contributed by atoms with Crippen molar-refractivity contribution < 1.29 is 0 Å². The highest BCUT2D eigenvalue weighted by Gasteiger charge is 2.14. The number of thiophene rings is 1. The molecule has 0 fully saturated rings. The Balaban J connectivity index is 2.37. The molecular weight excluding hydrogens is 397 g/mol. The van der Waals surface area contributed by atoms with Crippen LogP contribution in [-0.4, -0.2) is 9.78 Å². The van der Waals surface area contributed by atoms with Gasteiger partial charge in [-0.3, -0.25) is 4.79 Å². The summed E-state index contributed by atoms with van der Waals surface area (Å²) in [4.78, 5) is 12.7. The van der Waals surface area contributed by atoms with Crippen LogP contribution < -0.4 is 11.3 Å². The van der Waals surface area contributed by atoms with Gasteiger partial charge in [0.25, 0.3) is 5.56 Å². The molecule has 0 radical (unpaired) electrons. The fraction of sp³-hybridized carbons (Fsp3) is 0.0667. The molecule has 6 heteroatoms. The number of hydrogen-bond donors (Lipinski definition) is 1. The highest BCUT2D eigenvalue weighted by atomic mass is 127. The normalized spacial score (nSPS) is 11.5. The van der Waals surface area contributed by atoms with Gasteiger partial charge in [0, 0.05) is 10.8 Å². The van der Waals surface area contributed by atoms with Crippen LogP contribution in [0.2, 0.25) is 0 Å². The molecule has 2 heterocycles. The number of halogens is 1. The second-order valence-corrected chi connectivity index (χ2v) is 6.25. The average Bonchev–Trinajstić information content (AvgIpc) is 2.86. The zero-order valence-electron chi connectivity index (χ0n) is 11.2. The first kappa shape index (κ1) is 14.3. The molecule has 2 N–H and O–H groups in total. The molecule has 0 bridgehead atoms. The standard InChI is InChI=1S/C15H12IN3OS/c1-9-2-4-10(5-3-9)19-15(20)13-11(8-21-14(13)17)12(18-19)6-7-16/h2-8H,17H2,1H3/b7-6+. The van der Waals surface area contributed by atoms with Gasteiger partial charge in [-0.25, -0.2) is 0 Å². The van der Waals surface area contributed by atoms with Crippen LogP contribution in [0.4, 0.5) is 5.00 Å². The van der Waals surface area contributed by atoms with Crippen molar-refractivity contribution in [2.75, 3.05) is 5.73 Å². The molecule has 3 rings (SSSR count). The summed E-state index contributed by atoms with van der Waals surface area (Å²) >= 11 is 3.50. The van der Waals surface area contributed by atoms with Crippen molar-refractivity contribution >= 4 is 55.8 Å². The summed E-state index contributed by atoms with van der Waals surface area (Å²) in [6, 6.07) is 7.68. The molecule has 106 valence electrons. The summed E-state index contributed by atoms with van der Waals surface area (Å²) in [6.45, 7) is 2.00. The van der Waals surface area contributed by atoms with Crippen LogP contribution in [0.3, 0.4) is 0 Å². The number of nitrogens with two attached hydrogens (primary N) is 1. The van der Waals surface area contributed by atoms with Crippen molar-refractivity contribution in [3.05, 3.63) is 55.3 Å². The van der Waals surface area contributed by atoms with E-state index >= 15 is 0 Å². The second kappa shape index (κ2) is 5.61. The highest BCUT2D eigenvalue weighted by Crippen LogP contribution is 2.28. The van der Waals surface area contributed by atoms with E-state index in [4.69, 9.17) is 5.73 Å². The van der Waals surface area contributed by atoms with Gasteiger partial charge < -0.3 is 5.73 Å². The maximum atomic E-state index is 12.7. The summed E-state index contributed by atoms with van der Waals surface area (Å²) in [7, 11) is 0. The molecule has 0 spiro atoms. The first-order valence-electron chi connectivity index (χ1n) is 6.25. The van der Waals surface area contributed by atoms with E-state index in [9.17, 15) is 4.79 Å². The Bertz CT molecular complexity index is 894. The largest absolute Gasteiger partial charge is 0.390 e. The van der Waals surface area contributed by atoms with Crippen LogP contribution in [0.1, 0.15) is 11.3 Å². The highest BCUT2D eigenvalue weighted by molar-refractivity contribution is 14.1. The zero-order chi connectivity index (χ0) is 15.0. The summed E-state index contributed by atoms with van der Waals surface area (Å²) in [6.07, 6.45) is 1.87. The molecule has 2 aromatic heterocycles. The molecule has 0 aliphatic carbocycles. The molecule has 21 heavy (non-hydrogen) atoms. The molecule has 0 saturated carbocycles. The minimum absolute atomic E-state index is 0.182. The monoisotopic (exact) mass is 409 g/mol. The van der Waals surface area contributed by atoms with Gasteiger partial charge in [-0.2, -0.15) is 9.78 Å². The van der Waals surface area contributed by atoms with Gasteiger partial charge in [0.05, 0.1) is 21.8 Å². The number of anilines is 1. The van der Waals surface area contributed by atoms with Crippen LogP contribution in [0.15, 0.2) is 38.5 Å². The van der Waals surface area contributed by atoms with E-state index in [1.165, 1.54) is 16.0 Å². The fourth-order valence-corrected chi connectivity index (χ4v) is 3.28. The fourth-order valence-electron chi connectivity index (χ4n) is 2.14. The maximum Gasteiger partial charge on any atom is 0.282 e. The molecule has 3 aromatic rings. The summed E-state index contributed by atoms with van der Waals surface area (Å²) in [5.74, 6) is 0. The van der Waals surface area contributed by atoms with Crippen molar-refractivity contribution in [1.29, 1.82) is 0 Å². The summed E-state index contributed by atoms with van der Waals surface area (Å²) in [5, 5.41) is 8.22. The van der Waals surface area contributed by atoms with E-state index in [1.54, 1.807) is 0 Å². The van der Waals surface area contributed by atoms with Gasteiger partial charge in [-0.15, -0.1) is 11.3 Å². The lowest BCUT2D eigenvalue weighted by atomic mass is 10.2. The Morgan fingerprint density at radius 2 is 2.05 bits per heavy atom. The molecular formula is C15H12IN3OS. The van der Waals surface area contributed by atoms with Gasteiger partial charge in [0.2, 0.25) is 0 Å². The van der Waals surface area contributed by atoms with E-state index in [2.05, 4.69) is 27.7 Å². The predicted molar refractivity (Wildman–Crippen MR) is 97.4 cm³/mol. The Labute approximate surface area is 139 Å². The van der Waals surface area contributed by atoms with Crippen LogP contribution in [0.25, 0.3) is 22.5 Å². The summed E-state index contributed by atoms with van der Waals surface area (Å²) < 4.78 is 3.29. The van der Waals surface area contributed by atoms with E-state index in [-0.39, 0.29) is 5.56 Å². The lowest BCUT2D eigenvalue weighted by molar-refractivity contribution is 0.816. The Morgan fingerprint density at radius 1 is 1.33 bits per heavy atom. The Kier molecular flexibility index (Phi) is 3.81. The number of aryl methyl sites for hydroxylation is 1. The van der Waals surface area contributed by atoms with Crippen molar-refractivity contribution in [2.24, 2.45) is 0 Å². The molecule has 0 aliphatic heterocycles. The smallest absolute Gasteiger partial charge is 0.282 e. The third kappa shape index (κ3) is 2.49. The lowest BCUT2D eigenvalue weighted by Gasteiger charge is -2.07. The number of aromatic nitrogens is 2. The third-order valence-electron chi connectivity index (χ3n) is 3.21. The molecule has 0 amide bonds. The first-order chi connectivity index (χ1) is 10.1. The number of fused-ring (bicyclic) bond motifs is 1. The van der Waals surface area contributed by atoms with Gasteiger partial charge in [-0.1, -0.05) is 40.3 Å². The van der Waals surface area contributed by atoms with Crippen LogP contribution in [0.5, 0.6) is 0 Å². The Hall–Kier alpha value is -1.67. The van der Waals surface area contributed by atoms with Gasteiger partial charge in [-0.05, 0) is 29.2 Å². The van der Waals surface area contributed by atoms with E-state index in [1.807, 2.05) is 46.7 Å². The number of nitrogens with zero attached hydrogens (tertiary/aromatic N) is 2. The number of rotatable bonds is 2. The third-order valence-corrected chi connectivity index (χ3v) is 4.38. The summed E-state index contributed by atoms with van der Waals surface area (Å²) in [5.41, 5.74) is 8.40. The molecule has 1 aromatic carbocycles. The zero-order valence-corrected chi connectivity index (χ0v) is 14.2. The predicted octanol–water partition coefficient (Wildman–Crippen LogP) is 3.74. The molecule has 0 atom stereocenters. The first-order valence-corrected chi connectivity index (χ1v) is 8.38. The number of benzene rings is 1. The molecule has 0 aliphatic rings. The van der Waals surface area contributed by atoms with Gasteiger partial charge >= 0.3 is 0 Å². The van der Waals surface area contributed by atoms with E-state index in [0.29, 0.717) is 10.4 Å². The minimum atomic E-state index is -0.182. The van der Waals surface area contributed by atoms with Crippen molar-refractivity contribution in [2.45, 2.75) is 6.92 Å². The maximum absolute atomic E-state index is 12.7. The van der Waals surface area contributed by atoms with Gasteiger partial charge in [0.15, 0.2) is 0 Å².